The normalized spacial score (nSPS) is 14.4. The number of anilines is 2. The molecule has 2 aromatic carbocycles. The first kappa shape index (κ1) is 27.6. The smallest absolute Gasteiger partial charge is 0.272 e. The van der Waals surface area contributed by atoms with E-state index in [1.165, 1.54) is 22.8 Å². The molecule has 1 aliphatic rings. The van der Waals surface area contributed by atoms with Gasteiger partial charge in [0.05, 0.1) is 13.1 Å². The summed E-state index contributed by atoms with van der Waals surface area (Å²) in [6.45, 7) is 3.64. The van der Waals surface area contributed by atoms with Crippen LogP contribution in [0, 0.1) is 0 Å². The molecule has 1 N–H and O–H groups in total. The zero-order valence-electron chi connectivity index (χ0n) is 23.1. The largest absolute Gasteiger partial charge is 0.335 e. The second kappa shape index (κ2) is 12.0. The van der Waals surface area contributed by atoms with Gasteiger partial charge in [-0.3, -0.25) is 24.3 Å². The van der Waals surface area contributed by atoms with E-state index in [2.05, 4.69) is 30.6 Å². The maximum absolute atomic E-state index is 13.4. The third-order valence-electron chi connectivity index (χ3n) is 6.93. The van der Waals surface area contributed by atoms with Gasteiger partial charge in [0.15, 0.2) is 5.82 Å². The molecule has 1 unspecified atom stereocenters. The number of pyridine rings is 1. The van der Waals surface area contributed by atoms with Gasteiger partial charge < -0.3 is 15.1 Å². The zero-order valence-corrected chi connectivity index (χ0v) is 23.1. The lowest BCUT2D eigenvalue weighted by molar-refractivity contribution is -0.114. The van der Waals surface area contributed by atoms with Crippen LogP contribution < -0.4 is 10.2 Å². The molecule has 0 spiro atoms. The van der Waals surface area contributed by atoms with Crippen LogP contribution in [0.25, 0.3) is 0 Å². The Kier molecular flexibility index (Phi) is 8.11. The number of tetrazole rings is 1. The van der Waals surface area contributed by atoms with Gasteiger partial charge in [0.25, 0.3) is 11.8 Å². The molecule has 1 saturated heterocycles. The Bertz CT molecular complexity index is 1550. The number of nitrogens with zero attached hydrogens (tertiary/aromatic N) is 8. The Morgan fingerprint density at radius 2 is 1.71 bits per heavy atom. The highest BCUT2D eigenvalue weighted by Gasteiger charge is 2.31. The highest BCUT2D eigenvalue weighted by atomic mass is 16.2. The second-order valence-electron chi connectivity index (χ2n) is 9.80. The molecule has 0 saturated carbocycles. The average molecular weight is 554 g/mol. The Morgan fingerprint density at radius 3 is 2.39 bits per heavy atom. The summed E-state index contributed by atoms with van der Waals surface area (Å²) in [6.07, 6.45) is 1.53. The minimum Gasteiger partial charge on any atom is -0.335 e. The van der Waals surface area contributed by atoms with Gasteiger partial charge in [-0.2, -0.15) is 4.80 Å². The molecule has 4 aromatic rings. The summed E-state index contributed by atoms with van der Waals surface area (Å²) in [5.41, 5.74) is 2.80. The molecule has 12 nitrogen and oxygen atoms in total. The van der Waals surface area contributed by atoms with Gasteiger partial charge in [0.2, 0.25) is 5.91 Å². The third kappa shape index (κ3) is 6.28. The van der Waals surface area contributed by atoms with E-state index in [-0.39, 0.29) is 29.5 Å². The number of aryl methyl sites for hydroxylation is 1. The molecule has 0 bridgehead atoms. The highest BCUT2D eigenvalue weighted by molar-refractivity contribution is 6.07. The molecule has 5 rings (SSSR count). The van der Waals surface area contributed by atoms with Gasteiger partial charge in [-0.25, -0.2) is 0 Å². The summed E-state index contributed by atoms with van der Waals surface area (Å²) in [5.74, 6) is -0.0842. The standard InChI is InChI=1S/C29H31N9O3/c1-20(39)31-23-11-7-10-22(18-23)28(40)35(2)24-12-13-30-25(19-24)29(41)38-16-14-37(15-17-38)26(21-8-5-4-6-9-21)27-32-34-36(3)33-27/h4-13,18-19,26H,14-17H2,1-3H3,(H,31,39). The molecule has 3 heterocycles. The molecule has 1 atom stereocenters. The van der Waals surface area contributed by atoms with Gasteiger partial charge >= 0.3 is 0 Å². The minimum absolute atomic E-state index is 0.174. The van der Waals surface area contributed by atoms with E-state index < -0.39 is 0 Å². The van der Waals surface area contributed by atoms with Crippen molar-refractivity contribution >= 4 is 29.1 Å². The summed E-state index contributed by atoms with van der Waals surface area (Å²) in [4.78, 5) is 49.3. The number of amides is 3. The number of rotatable bonds is 7. The van der Waals surface area contributed by atoms with E-state index >= 15 is 0 Å². The number of carbonyl (C=O) groups excluding carboxylic acids is 3. The molecule has 2 aromatic heterocycles. The quantitative estimate of drug-likeness (QED) is 0.369. The molecule has 0 radical (unpaired) electrons. The fraction of sp³-hybridized carbons (Fsp3) is 0.276. The van der Waals surface area contributed by atoms with Gasteiger partial charge in [0, 0.05) is 63.3 Å². The first-order valence-corrected chi connectivity index (χ1v) is 13.2. The molecule has 41 heavy (non-hydrogen) atoms. The van der Waals surface area contributed by atoms with Crippen LogP contribution in [0.15, 0.2) is 72.9 Å². The molecular weight excluding hydrogens is 522 g/mol. The van der Waals surface area contributed by atoms with E-state index in [1.807, 2.05) is 30.3 Å². The molecule has 12 heteroatoms. The predicted molar refractivity (Wildman–Crippen MR) is 152 cm³/mol. The van der Waals surface area contributed by atoms with Crippen molar-refractivity contribution in [3.8, 4) is 0 Å². The van der Waals surface area contributed by atoms with E-state index in [4.69, 9.17) is 0 Å². The monoisotopic (exact) mass is 553 g/mol. The van der Waals surface area contributed by atoms with E-state index in [0.717, 1.165) is 5.56 Å². The van der Waals surface area contributed by atoms with Crippen molar-refractivity contribution in [2.75, 3.05) is 43.4 Å². The Balaban J connectivity index is 1.27. The molecular formula is C29H31N9O3. The lowest BCUT2D eigenvalue weighted by Crippen LogP contribution is -2.50. The first-order chi connectivity index (χ1) is 19.8. The predicted octanol–water partition coefficient (Wildman–Crippen LogP) is 2.39. The van der Waals surface area contributed by atoms with Crippen LogP contribution in [0.5, 0.6) is 0 Å². The third-order valence-corrected chi connectivity index (χ3v) is 6.93. The van der Waals surface area contributed by atoms with Crippen molar-refractivity contribution in [1.29, 1.82) is 0 Å². The van der Waals surface area contributed by atoms with Crippen molar-refractivity contribution in [2.24, 2.45) is 7.05 Å². The minimum atomic E-state index is -0.278. The first-order valence-electron chi connectivity index (χ1n) is 13.2. The van der Waals surface area contributed by atoms with Crippen molar-refractivity contribution < 1.29 is 14.4 Å². The molecule has 1 fully saturated rings. The Labute approximate surface area is 237 Å². The van der Waals surface area contributed by atoms with Gasteiger partial charge in [-0.1, -0.05) is 36.4 Å². The van der Waals surface area contributed by atoms with Gasteiger partial charge in [0.1, 0.15) is 5.69 Å². The van der Waals surface area contributed by atoms with Crippen LogP contribution in [0.3, 0.4) is 0 Å². The topological polar surface area (TPSA) is 129 Å². The van der Waals surface area contributed by atoms with Crippen molar-refractivity contribution in [3.63, 3.8) is 0 Å². The van der Waals surface area contributed by atoms with Crippen molar-refractivity contribution in [3.05, 3.63) is 95.6 Å². The van der Waals surface area contributed by atoms with Gasteiger partial charge in [-0.05, 0) is 41.1 Å². The summed E-state index contributed by atoms with van der Waals surface area (Å²) in [7, 11) is 3.38. The fourth-order valence-electron chi connectivity index (χ4n) is 4.90. The number of benzene rings is 2. The molecule has 3 amide bonds. The zero-order chi connectivity index (χ0) is 28.9. The Hall–Kier alpha value is -4.97. The number of hydrogen-bond acceptors (Lipinski definition) is 8. The van der Waals surface area contributed by atoms with Crippen LogP contribution in [0.1, 0.15) is 45.2 Å². The molecule has 1 aliphatic heterocycles. The SMILES string of the molecule is CC(=O)Nc1cccc(C(=O)N(C)c2ccnc(C(=O)N3CCN(C(c4ccccc4)c4nnn(C)n4)CC3)c2)c1. The summed E-state index contributed by atoms with van der Waals surface area (Å²) < 4.78 is 0. The fourth-order valence-corrected chi connectivity index (χ4v) is 4.90. The van der Waals surface area contributed by atoms with Crippen LogP contribution in [0.2, 0.25) is 0 Å². The summed E-state index contributed by atoms with van der Waals surface area (Å²) >= 11 is 0. The number of aromatic nitrogens is 5. The van der Waals surface area contributed by atoms with E-state index in [1.54, 1.807) is 55.4 Å². The van der Waals surface area contributed by atoms with Crippen molar-refractivity contribution in [2.45, 2.75) is 13.0 Å². The Morgan fingerprint density at radius 1 is 0.951 bits per heavy atom. The van der Waals surface area contributed by atoms with Crippen LogP contribution in [-0.4, -0.2) is 85.9 Å². The van der Waals surface area contributed by atoms with Crippen molar-refractivity contribution in [1.82, 2.24) is 35.0 Å². The highest BCUT2D eigenvalue weighted by Crippen LogP contribution is 2.27. The number of hydrogen-bond donors (Lipinski definition) is 1. The summed E-state index contributed by atoms with van der Waals surface area (Å²) in [5, 5.41) is 15.4. The lowest BCUT2D eigenvalue weighted by atomic mass is 10.0. The van der Waals surface area contributed by atoms with Crippen LogP contribution >= 0.6 is 0 Å². The maximum atomic E-state index is 13.4. The molecule has 0 aliphatic carbocycles. The van der Waals surface area contributed by atoms with Crippen LogP contribution in [-0.2, 0) is 11.8 Å². The number of nitrogens with one attached hydrogen (secondary N) is 1. The number of carbonyl (C=O) groups is 3. The van der Waals surface area contributed by atoms with Gasteiger partial charge in [-0.15, -0.1) is 10.2 Å². The lowest BCUT2D eigenvalue weighted by Gasteiger charge is -2.38. The second-order valence-corrected chi connectivity index (χ2v) is 9.80. The van der Waals surface area contributed by atoms with E-state index in [9.17, 15) is 14.4 Å². The van der Waals surface area contributed by atoms with Crippen LogP contribution in [0.4, 0.5) is 11.4 Å². The average Bonchev–Trinajstić information content (AvgIpc) is 3.42. The summed E-state index contributed by atoms with van der Waals surface area (Å²) in [6, 6.07) is 19.9. The van der Waals surface area contributed by atoms with E-state index in [0.29, 0.717) is 48.9 Å². The number of piperazine rings is 1. The maximum Gasteiger partial charge on any atom is 0.272 e. The molecule has 210 valence electrons.